The highest BCUT2D eigenvalue weighted by atomic mass is 16.2. The third-order valence-electron chi connectivity index (χ3n) is 4.94. The molecule has 0 spiro atoms. The van der Waals surface area contributed by atoms with E-state index >= 15 is 0 Å². The quantitative estimate of drug-likeness (QED) is 0.720. The van der Waals surface area contributed by atoms with Crippen molar-refractivity contribution in [2.45, 2.75) is 13.8 Å². The maximum atomic E-state index is 12.8. The van der Waals surface area contributed by atoms with Gasteiger partial charge in [0, 0.05) is 31.9 Å². The van der Waals surface area contributed by atoms with Gasteiger partial charge in [0.2, 0.25) is 0 Å². The predicted octanol–water partition coefficient (Wildman–Crippen LogP) is 2.85. The first-order valence-electron chi connectivity index (χ1n) is 9.20. The van der Waals surface area contributed by atoms with Crippen LogP contribution in [0.15, 0.2) is 54.7 Å². The zero-order chi connectivity index (χ0) is 18.8. The van der Waals surface area contributed by atoms with Gasteiger partial charge < -0.3 is 9.80 Å². The number of hydrogen-bond acceptors (Lipinski definition) is 4. The fourth-order valence-corrected chi connectivity index (χ4v) is 3.34. The summed E-state index contributed by atoms with van der Waals surface area (Å²) in [5.74, 6) is -0.0581. The van der Waals surface area contributed by atoms with Crippen molar-refractivity contribution in [3.8, 4) is 5.69 Å². The minimum atomic E-state index is -0.0581. The second kappa shape index (κ2) is 7.23. The van der Waals surface area contributed by atoms with E-state index in [0.29, 0.717) is 18.8 Å². The molecule has 1 saturated heterocycles. The Kier molecular flexibility index (Phi) is 4.62. The molecule has 1 aliphatic heterocycles. The molecule has 0 bridgehead atoms. The molecule has 6 nitrogen and oxygen atoms in total. The molecule has 0 aliphatic carbocycles. The summed E-state index contributed by atoms with van der Waals surface area (Å²) in [6, 6.07) is 16.5. The van der Waals surface area contributed by atoms with E-state index in [1.165, 1.54) is 16.8 Å². The van der Waals surface area contributed by atoms with E-state index in [2.05, 4.69) is 46.4 Å². The first-order chi connectivity index (χ1) is 13.1. The van der Waals surface area contributed by atoms with Crippen molar-refractivity contribution >= 4 is 11.6 Å². The third kappa shape index (κ3) is 3.69. The summed E-state index contributed by atoms with van der Waals surface area (Å²) >= 11 is 0. The van der Waals surface area contributed by atoms with Gasteiger partial charge in [-0.25, -0.2) is 4.68 Å². The normalized spacial score (nSPS) is 14.4. The van der Waals surface area contributed by atoms with E-state index in [4.69, 9.17) is 0 Å². The number of piperazine rings is 1. The second-order valence-corrected chi connectivity index (χ2v) is 7.00. The Morgan fingerprint density at radius 3 is 2.33 bits per heavy atom. The van der Waals surface area contributed by atoms with E-state index in [0.717, 1.165) is 18.8 Å². The summed E-state index contributed by atoms with van der Waals surface area (Å²) in [5.41, 5.74) is 4.93. The van der Waals surface area contributed by atoms with Gasteiger partial charge in [-0.3, -0.25) is 4.79 Å². The van der Waals surface area contributed by atoms with E-state index in [-0.39, 0.29) is 5.91 Å². The molecule has 1 amide bonds. The fourth-order valence-electron chi connectivity index (χ4n) is 3.34. The van der Waals surface area contributed by atoms with Gasteiger partial charge in [0.05, 0.1) is 11.9 Å². The van der Waals surface area contributed by atoms with Gasteiger partial charge in [0.25, 0.3) is 5.91 Å². The summed E-state index contributed by atoms with van der Waals surface area (Å²) in [5, 5.41) is 8.20. The van der Waals surface area contributed by atoms with Crippen molar-refractivity contribution in [3.05, 3.63) is 71.5 Å². The van der Waals surface area contributed by atoms with Gasteiger partial charge in [-0.2, -0.15) is 0 Å². The van der Waals surface area contributed by atoms with E-state index in [1.807, 2.05) is 36.1 Å². The number of rotatable bonds is 3. The highest BCUT2D eigenvalue weighted by molar-refractivity contribution is 5.92. The molecule has 0 atom stereocenters. The Morgan fingerprint density at radius 1 is 0.889 bits per heavy atom. The first kappa shape index (κ1) is 17.3. The Balaban J connectivity index is 1.42. The topological polar surface area (TPSA) is 54.3 Å². The molecule has 1 aromatic heterocycles. The summed E-state index contributed by atoms with van der Waals surface area (Å²) in [6.45, 7) is 7.15. The minimum Gasteiger partial charge on any atom is -0.368 e. The van der Waals surface area contributed by atoms with Gasteiger partial charge in [-0.1, -0.05) is 35.0 Å². The molecule has 2 aromatic carbocycles. The van der Waals surface area contributed by atoms with Crippen molar-refractivity contribution in [3.63, 3.8) is 0 Å². The SMILES string of the molecule is Cc1ccc(-n2cc(C(=O)N3CCN(c4cccc(C)c4)CC3)nn2)cc1. The number of hydrogen-bond donors (Lipinski definition) is 0. The average molecular weight is 361 g/mol. The number of carbonyl (C=O) groups is 1. The third-order valence-corrected chi connectivity index (χ3v) is 4.94. The standard InChI is InChI=1S/C21H23N5O/c1-16-6-8-18(9-7-16)26-15-20(22-23-26)21(27)25-12-10-24(11-13-25)19-5-3-4-17(2)14-19/h3-9,14-15H,10-13H2,1-2H3. The largest absolute Gasteiger partial charge is 0.368 e. The second-order valence-electron chi connectivity index (χ2n) is 7.00. The lowest BCUT2D eigenvalue weighted by Gasteiger charge is -2.35. The Labute approximate surface area is 159 Å². The zero-order valence-electron chi connectivity index (χ0n) is 15.7. The molecule has 4 rings (SSSR count). The van der Waals surface area contributed by atoms with Crippen LogP contribution in [0.1, 0.15) is 21.6 Å². The number of nitrogens with zero attached hydrogens (tertiary/aromatic N) is 5. The van der Waals surface area contributed by atoms with Crippen molar-refractivity contribution < 1.29 is 4.79 Å². The summed E-state index contributed by atoms with van der Waals surface area (Å²) in [7, 11) is 0. The van der Waals surface area contributed by atoms with Crippen LogP contribution in [0.25, 0.3) is 5.69 Å². The molecule has 0 saturated carbocycles. The molecule has 2 heterocycles. The van der Waals surface area contributed by atoms with Crippen molar-refractivity contribution in [2.75, 3.05) is 31.1 Å². The molecule has 1 aliphatic rings. The highest BCUT2D eigenvalue weighted by Crippen LogP contribution is 2.18. The first-order valence-corrected chi connectivity index (χ1v) is 9.20. The fraction of sp³-hybridized carbons (Fsp3) is 0.286. The lowest BCUT2D eigenvalue weighted by molar-refractivity contribution is 0.0740. The van der Waals surface area contributed by atoms with E-state index < -0.39 is 0 Å². The molecular formula is C21H23N5O. The molecule has 138 valence electrons. The van der Waals surface area contributed by atoms with E-state index in [9.17, 15) is 4.79 Å². The summed E-state index contributed by atoms with van der Waals surface area (Å²) in [4.78, 5) is 17.0. The Hall–Kier alpha value is -3.15. The predicted molar refractivity (Wildman–Crippen MR) is 105 cm³/mol. The van der Waals surface area contributed by atoms with Crippen LogP contribution in [-0.2, 0) is 0 Å². The molecule has 3 aromatic rings. The lowest BCUT2D eigenvalue weighted by atomic mass is 10.2. The monoisotopic (exact) mass is 361 g/mol. The maximum Gasteiger partial charge on any atom is 0.276 e. The number of aromatic nitrogens is 3. The Bertz CT molecular complexity index is 939. The van der Waals surface area contributed by atoms with Crippen LogP contribution in [0.2, 0.25) is 0 Å². The van der Waals surface area contributed by atoms with Crippen LogP contribution < -0.4 is 4.90 Å². The average Bonchev–Trinajstić information content (AvgIpc) is 3.18. The lowest BCUT2D eigenvalue weighted by Crippen LogP contribution is -2.48. The summed E-state index contributed by atoms with van der Waals surface area (Å²) < 4.78 is 1.65. The van der Waals surface area contributed by atoms with Crippen LogP contribution in [0, 0.1) is 13.8 Å². The van der Waals surface area contributed by atoms with Crippen LogP contribution in [0.4, 0.5) is 5.69 Å². The van der Waals surface area contributed by atoms with Crippen LogP contribution in [0.3, 0.4) is 0 Å². The van der Waals surface area contributed by atoms with Gasteiger partial charge in [0.15, 0.2) is 5.69 Å². The molecule has 27 heavy (non-hydrogen) atoms. The molecule has 6 heteroatoms. The zero-order valence-corrected chi connectivity index (χ0v) is 15.7. The smallest absolute Gasteiger partial charge is 0.276 e. The highest BCUT2D eigenvalue weighted by Gasteiger charge is 2.24. The van der Waals surface area contributed by atoms with Crippen molar-refractivity contribution in [1.29, 1.82) is 0 Å². The van der Waals surface area contributed by atoms with E-state index in [1.54, 1.807) is 10.9 Å². The van der Waals surface area contributed by atoms with Gasteiger partial charge in [-0.05, 0) is 43.7 Å². The number of amides is 1. The molecule has 0 N–H and O–H groups in total. The molecule has 1 fully saturated rings. The minimum absolute atomic E-state index is 0.0581. The van der Waals surface area contributed by atoms with Gasteiger partial charge >= 0.3 is 0 Å². The number of benzene rings is 2. The maximum absolute atomic E-state index is 12.8. The number of carbonyl (C=O) groups excluding carboxylic acids is 1. The molecular weight excluding hydrogens is 338 g/mol. The molecule has 0 radical (unpaired) electrons. The van der Waals surface area contributed by atoms with Crippen LogP contribution in [0.5, 0.6) is 0 Å². The molecule has 0 unspecified atom stereocenters. The number of aryl methyl sites for hydroxylation is 2. The Morgan fingerprint density at radius 2 is 1.63 bits per heavy atom. The van der Waals surface area contributed by atoms with Crippen molar-refractivity contribution in [1.82, 2.24) is 19.9 Å². The van der Waals surface area contributed by atoms with Crippen molar-refractivity contribution in [2.24, 2.45) is 0 Å². The van der Waals surface area contributed by atoms with Crippen LogP contribution >= 0.6 is 0 Å². The number of anilines is 1. The van der Waals surface area contributed by atoms with Gasteiger partial charge in [0.1, 0.15) is 0 Å². The summed E-state index contributed by atoms with van der Waals surface area (Å²) in [6.07, 6.45) is 1.71. The van der Waals surface area contributed by atoms with Gasteiger partial charge in [-0.15, -0.1) is 5.10 Å². The van der Waals surface area contributed by atoms with Crippen LogP contribution in [-0.4, -0.2) is 52.0 Å².